The van der Waals surface area contributed by atoms with Gasteiger partial charge in [-0.05, 0) is 27.2 Å². The van der Waals surface area contributed by atoms with E-state index in [0.717, 1.165) is 29.5 Å². The molecule has 4 nitrogen and oxygen atoms in total. The summed E-state index contributed by atoms with van der Waals surface area (Å²) in [5.41, 5.74) is 2.20. The van der Waals surface area contributed by atoms with Crippen LogP contribution in [0.15, 0.2) is 6.20 Å². The lowest BCUT2D eigenvalue weighted by atomic mass is 10.2. The normalized spacial score (nSPS) is 12.5. The van der Waals surface area contributed by atoms with Crippen LogP contribution in [0.3, 0.4) is 0 Å². The van der Waals surface area contributed by atoms with Crippen molar-refractivity contribution in [3.63, 3.8) is 0 Å². The van der Waals surface area contributed by atoms with Crippen molar-refractivity contribution in [2.75, 3.05) is 31.0 Å². The topological polar surface area (TPSA) is 41.1 Å². The van der Waals surface area contributed by atoms with Crippen LogP contribution in [-0.4, -0.2) is 42.1 Å². The second-order valence-corrected chi connectivity index (χ2v) is 5.14. The second-order valence-electron chi connectivity index (χ2n) is 4.23. The fourth-order valence-corrected chi connectivity index (χ4v) is 2.27. The molecule has 0 amide bonds. The maximum atomic E-state index is 4.56. The van der Waals surface area contributed by atoms with Crippen LogP contribution in [0.4, 0.5) is 5.95 Å². The van der Waals surface area contributed by atoms with Crippen LogP contribution < -0.4 is 10.2 Å². The van der Waals surface area contributed by atoms with Gasteiger partial charge in [-0.3, -0.25) is 0 Å². The number of aryl methyl sites for hydroxylation is 1. The molecular weight excluding hydrogens is 232 g/mol. The standard InChI is InChI=1S/C12H22N4S/c1-9(8-17-5)16(4)12-14-7-11(6-13-3)10(2)15-12/h7,9,13H,6,8H2,1-5H3. The minimum atomic E-state index is 0.444. The predicted molar refractivity (Wildman–Crippen MR) is 75.8 cm³/mol. The van der Waals surface area contributed by atoms with E-state index >= 15 is 0 Å². The summed E-state index contributed by atoms with van der Waals surface area (Å²) in [7, 11) is 3.98. The Hall–Kier alpha value is -0.810. The molecule has 0 aliphatic heterocycles. The molecule has 0 saturated heterocycles. The van der Waals surface area contributed by atoms with Gasteiger partial charge in [-0.2, -0.15) is 11.8 Å². The van der Waals surface area contributed by atoms with Crippen LogP contribution in [0.2, 0.25) is 0 Å². The third-order valence-corrected chi connectivity index (χ3v) is 3.64. The summed E-state index contributed by atoms with van der Waals surface area (Å²) in [6, 6.07) is 0.444. The van der Waals surface area contributed by atoms with Gasteiger partial charge in [0.15, 0.2) is 0 Å². The number of hydrogen-bond acceptors (Lipinski definition) is 5. The number of nitrogens with one attached hydrogen (secondary N) is 1. The highest BCUT2D eigenvalue weighted by molar-refractivity contribution is 7.98. The number of rotatable bonds is 6. The van der Waals surface area contributed by atoms with Crippen LogP contribution >= 0.6 is 11.8 Å². The zero-order valence-corrected chi connectivity index (χ0v) is 12.1. The summed E-state index contributed by atoms with van der Waals surface area (Å²) in [6.07, 6.45) is 4.03. The zero-order chi connectivity index (χ0) is 12.8. The van der Waals surface area contributed by atoms with Crippen LogP contribution in [0.5, 0.6) is 0 Å². The Morgan fingerprint density at radius 3 is 2.76 bits per heavy atom. The minimum absolute atomic E-state index is 0.444. The van der Waals surface area contributed by atoms with Gasteiger partial charge in [0.25, 0.3) is 0 Å². The van der Waals surface area contributed by atoms with E-state index in [1.165, 1.54) is 0 Å². The largest absolute Gasteiger partial charge is 0.340 e. The minimum Gasteiger partial charge on any atom is -0.340 e. The van der Waals surface area contributed by atoms with Crippen LogP contribution in [0.1, 0.15) is 18.2 Å². The molecule has 0 spiro atoms. The van der Waals surface area contributed by atoms with E-state index in [0.29, 0.717) is 6.04 Å². The van der Waals surface area contributed by atoms with Crippen molar-refractivity contribution >= 4 is 17.7 Å². The summed E-state index contributed by atoms with van der Waals surface area (Å²) in [6.45, 7) is 5.04. The van der Waals surface area contributed by atoms with Crippen molar-refractivity contribution in [2.24, 2.45) is 0 Å². The van der Waals surface area contributed by atoms with Gasteiger partial charge in [0, 0.05) is 42.8 Å². The van der Waals surface area contributed by atoms with Crippen LogP contribution in [0, 0.1) is 6.92 Å². The van der Waals surface area contributed by atoms with E-state index in [9.17, 15) is 0 Å². The Bertz CT molecular complexity index is 356. The maximum absolute atomic E-state index is 4.56. The summed E-state index contributed by atoms with van der Waals surface area (Å²) < 4.78 is 0. The SMILES string of the molecule is CNCc1cnc(N(C)C(C)CSC)nc1C. The Balaban J connectivity index is 2.81. The molecule has 0 radical (unpaired) electrons. The summed E-state index contributed by atoms with van der Waals surface area (Å²) in [5.74, 6) is 1.89. The zero-order valence-electron chi connectivity index (χ0n) is 11.3. The molecule has 0 aromatic carbocycles. The van der Waals surface area contributed by atoms with Crippen molar-refractivity contribution in [1.82, 2.24) is 15.3 Å². The Morgan fingerprint density at radius 1 is 1.53 bits per heavy atom. The molecule has 1 unspecified atom stereocenters. The van der Waals surface area contributed by atoms with Crippen molar-refractivity contribution in [1.29, 1.82) is 0 Å². The molecule has 1 aromatic rings. The van der Waals surface area contributed by atoms with Crippen LogP contribution in [-0.2, 0) is 6.54 Å². The Labute approximate surface area is 108 Å². The molecule has 0 aliphatic carbocycles. The third-order valence-electron chi connectivity index (χ3n) is 2.82. The number of aromatic nitrogens is 2. The summed E-state index contributed by atoms with van der Waals surface area (Å²) in [4.78, 5) is 11.1. The molecule has 1 N–H and O–H groups in total. The highest BCUT2D eigenvalue weighted by Gasteiger charge is 2.12. The van der Waals surface area contributed by atoms with E-state index in [1.54, 1.807) is 0 Å². The molecule has 0 bridgehead atoms. The maximum Gasteiger partial charge on any atom is 0.225 e. The Kier molecular flexibility index (Phi) is 5.71. The number of hydrogen-bond donors (Lipinski definition) is 1. The van der Waals surface area contributed by atoms with E-state index in [1.807, 2.05) is 39.0 Å². The average Bonchev–Trinajstić information content (AvgIpc) is 2.31. The van der Waals surface area contributed by atoms with E-state index in [-0.39, 0.29) is 0 Å². The molecular formula is C12H22N4S. The van der Waals surface area contributed by atoms with Gasteiger partial charge in [-0.25, -0.2) is 9.97 Å². The molecule has 1 atom stereocenters. The molecule has 0 saturated carbocycles. The van der Waals surface area contributed by atoms with E-state index < -0.39 is 0 Å². The van der Waals surface area contributed by atoms with Crippen molar-refractivity contribution in [3.05, 3.63) is 17.5 Å². The molecule has 1 heterocycles. The number of nitrogens with zero attached hydrogens (tertiary/aromatic N) is 3. The fourth-order valence-electron chi connectivity index (χ4n) is 1.56. The van der Waals surface area contributed by atoms with Gasteiger partial charge < -0.3 is 10.2 Å². The first-order valence-electron chi connectivity index (χ1n) is 5.79. The van der Waals surface area contributed by atoms with Crippen molar-refractivity contribution < 1.29 is 0 Å². The predicted octanol–water partition coefficient (Wildman–Crippen LogP) is 1.69. The smallest absolute Gasteiger partial charge is 0.225 e. The van der Waals surface area contributed by atoms with E-state index in [2.05, 4.69) is 33.4 Å². The molecule has 0 fully saturated rings. The van der Waals surface area contributed by atoms with Gasteiger partial charge >= 0.3 is 0 Å². The highest BCUT2D eigenvalue weighted by Crippen LogP contribution is 2.14. The molecule has 96 valence electrons. The lowest BCUT2D eigenvalue weighted by molar-refractivity contribution is 0.728. The lowest BCUT2D eigenvalue weighted by Crippen LogP contribution is -2.32. The summed E-state index contributed by atoms with van der Waals surface area (Å²) in [5, 5.41) is 3.12. The highest BCUT2D eigenvalue weighted by atomic mass is 32.2. The number of thioether (sulfide) groups is 1. The Morgan fingerprint density at radius 2 is 2.24 bits per heavy atom. The van der Waals surface area contributed by atoms with Gasteiger partial charge in [0.1, 0.15) is 0 Å². The third kappa shape index (κ3) is 3.85. The first-order chi connectivity index (χ1) is 8.10. The molecule has 1 aromatic heterocycles. The monoisotopic (exact) mass is 254 g/mol. The van der Waals surface area contributed by atoms with Crippen molar-refractivity contribution in [3.8, 4) is 0 Å². The summed E-state index contributed by atoms with van der Waals surface area (Å²) >= 11 is 1.84. The fraction of sp³-hybridized carbons (Fsp3) is 0.667. The van der Waals surface area contributed by atoms with E-state index in [4.69, 9.17) is 0 Å². The van der Waals surface area contributed by atoms with Gasteiger partial charge in [0.2, 0.25) is 5.95 Å². The van der Waals surface area contributed by atoms with Gasteiger partial charge in [-0.1, -0.05) is 0 Å². The van der Waals surface area contributed by atoms with Crippen LogP contribution in [0.25, 0.3) is 0 Å². The second kappa shape index (κ2) is 6.81. The van der Waals surface area contributed by atoms with Gasteiger partial charge in [-0.15, -0.1) is 0 Å². The molecule has 1 rings (SSSR count). The molecule has 5 heteroatoms. The first-order valence-corrected chi connectivity index (χ1v) is 7.18. The van der Waals surface area contributed by atoms with Crippen molar-refractivity contribution in [2.45, 2.75) is 26.4 Å². The quantitative estimate of drug-likeness (QED) is 0.836. The molecule has 0 aliphatic rings. The lowest BCUT2D eigenvalue weighted by Gasteiger charge is -2.24. The molecule has 17 heavy (non-hydrogen) atoms. The van der Waals surface area contributed by atoms with Gasteiger partial charge in [0.05, 0.1) is 0 Å². The first kappa shape index (κ1) is 14.3. The number of anilines is 1. The average molecular weight is 254 g/mol.